The van der Waals surface area contributed by atoms with Gasteiger partial charge in [0.2, 0.25) is 0 Å². The summed E-state index contributed by atoms with van der Waals surface area (Å²) in [5, 5.41) is 8.21. The van der Waals surface area contributed by atoms with Crippen molar-refractivity contribution >= 4 is 34.9 Å². The maximum Gasteiger partial charge on any atom is 0.410 e. The van der Waals surface area contributed by atoms with Crippen LogP contribution >= 0.6 is 11.6 Å². The Kier molecular flexibility index (Phi) is 7.32. The molecule has 0 saturated carbocycles. The Balaban J connectivity index is 1.04. The number of fused-ring (bicyclic) bond motifs is 2. The summed E-state index contributed by atoms with van der Waals surface area (Å²) in [7, 11) is 0. The number of likely N-dealkylation sites (tertiary alicyclic amines) is 1. The fourth-order valence-corrected chi connectivity index (χ4v) is 6.16. The van der Waals surface area contributed by atoms with Gasteiger partial charge in [-0.1, -0.05) is 48.0 Å². The SMILES string of the molecule is Nc1nnc(Cl)cc1N1C[C@H]2CC[C@@H](C1)N2c1cccc(OC2CCN(C(=O)OCc3ccccc3)CC2)c1. The van der Waals surface area contributed by atoms with Gasteiger partial charge in [-0.25, -0.2) is 4.79 Å². The second-order valence-electron chi connectivity index (χ2n) is 10.5. The molecule has 6 rings (SSSR count). The van der Waals surface area contributed by atoms with E-state index in [1.165, 1.54) is 5.69 Å². The van der Waals surface area contributed by atoms with Crippen molar-refractivity contribution in [3.63, 3.8) is 0 Å². The summed E-state index contributed by atoms with van der Waals surface area (Å²) in [4.78, 5) is 19.1. The molecule has 3 saturated heterocycles. The third kappa shape index (κ3) is 5.68. The Labute approximate surface area is 233 Å². The summed E-state index contributed by atoms with van der Waals surface area (Å²) in [6, 6.07) is 20.7. The van der Waals surface area contributed by atoms with Gasteiger partial charge in [0.25, 0.3) is 0 Å². The molecule has 1 aromatic heterocycles. The summed E-state index contributed by atoms with van der Waals surface area (Å²) in [5.41, 5.74) is 9.15. The number of nitrogen functional groups attached to an aromatic ring is 1. The molecule has 39 heavy (non-hydrogen) atoms. The average molecular weight is 549 g/mol. The second-order valence-corrected chi connectivity index (χ2v) is 10.9. The quantitative estimate of drug-likeness (QED) is 0.471. The maximum atomic E-state index is 12.5. The number of carbonyl (C=O) groups excluding carboxylic acids is 1. The molecule has 2 N–H and O–H groups in total. The highest BCUT2D eigenvalue weighted by Gasteiger charge is 2.40. The van der Waals surface area contributed by atoms with Crippen LogP contribution in [-0.2, 0) is 11.3 Å². The Bertz CT molecular complexity index is 1290. The van der Waals surface area contributed by atoms with Gasteiger partial charge in [-0.2, -0.15) is 0 Å². The average Bonchev–Trinajstić information content (AvgIpc) is 3.23. The fourth-order valence-electron chi connectivity index (χ4n) is 6.02. The highest BCUT2D eigenvalue weighted by Crippen LogP contribution is 2.39. The number of nitrogens with two attached hydrogens (primary N) is 1. The molecule has 4 heterocycles. The van der Waals surface area contributed by atoms with Crippen molar-refractivity contribution in [1.82, 2.24) is 15.1 Å². The van der Waals surface area contributed by atoms with Crippen LogP contribution in [0, 0.1) is 0 Å². The molecule has 2 aromatic carbocycles. The number of piperidine rings is 1. The van der Waals surface area contributed by atoms with Crippen molar-refractivity contribution in [2.24, 2.45) is 0 Å². The van der Waals surface area contributed by atoms with Gasteiger partial charge in [-0.3, -0.25) is 0 Å². The first-order chi connectivity index (χ1) is 19.0. The van der Waals surface area contributed by atoms with E-state index in [0.717, 1.165) is 55.8 Å². The predicted octanol–water partition coefficient (Wildman–Crippen LogP) is 4.75. The van der Waals surface area contributed by atoms with Crippen molar-refractivity contribution in [3.8, 4) is 5.75 Å². The van der Waals surface area contributed by atoms with Crippen LogP contribution in [0.1, 0.15) is 31.2 Å². The van der Waals surface area contributed by atoms with E-state index in [4.69, 9.17) is 26.8 Å². The molecule has 0 radical (unpaired) electrons. The van der Waals surface area contributed by atoms with Crippen LogP contribution < -0.4 is 20.3 Å². The molecule has 0 aliphatic carbocycles. The standard InChI is InChI=1S/C29H33ClN6O3/c30-27-16-26(28(31)33-32-27)35-17-22-9-10-23(18-35)36(22)21-7-4-8-25(15-21)39-24-11-13-34(14-12-24)29(37)38-19-20-5-2-1-3-6-20/h1-8,15-16,22-24H,9-14,17-19H2,(H2,31,33)/t22-,23+. The van der Waals surface area contributed by atoms with Gasteiger partial charge in [-0.05, 0) is 30.5 Å². The van der Waals surface area contributed by atoms with Gasteiger partial charge >= 0.3 is 6.09 Å². The van der Waals surface area contributed by atoms with Gasteiger partial charge in [0.15, 0.2) is 11.0 Å². The van der Waals surface area contributed by atoms with Crippen LogP contribution in [0.4, 0.5) is 22.0 Å². The number of aromatic nitrogens is 2. The van der Waals surface area contributed by atoms with E-state index in [1.807, 2.05) is 42.5 Å². The third-order valence-corrected chi connectivity index (χ3v) is 8.10. The number of piperazine rings is 1. The zero-order chi connectivity index (χ0) is 26.8. The number of halogens is 1. The summed E-state index contributed by atoms with van der Waals surface area (Å²) in [6.07, 6.45) is 3.60. The normalized spacial score (nSPS) is 21.2. The first kappa shape index (κ1) is 25.6. The molecule has 0 spiro atoms. The number of rotatable bonds is 6. The minimum Gasteiger partial charge on any atom is -0.490 e. The van der Waals surface area contributed by atoms with Crippen molar-refractivity contribution in [3.05, 3.63) is 71.4 Å². The number of anilines is 3. The number of hydrogen-bond donors (Lipinski definition) is 1. The van der Waals surface area contributed by atoms with Gasteiger partial charge < -0.3 is 29.9 Å². The van der Waals surface area contributed by atoms with Crippen molar-refractivity contribution in [2.45, 2.75) is 50.5 Å². The zero-order valence-electron chi connectivity index (χ0n) is 21.8. The molecule has 2 bridgehead atoms. The number of hydrogen-bond acceptors (Lipinski definition) is 8. The van der Waals surface area contributed by atoms with Gasteiger partial charge in [0.1, 0.15) is 18.5 Å². The lowest BCUT2D eigenvalue weighted by Crippen LogP contribution is -2.54. The molecule has 1 amide bonds. The van der Waals surface area contributed by atoms with Crippen molar-refractivity contribution in [2.75, 3.05) is 41.7 Å². The summed E-state index contributed by atoms with van der Waals surface area (Å²) in [5.74, 6) is 1.28. The van der Waals surface area contributed by atoms with E-state index in [1.54, 1.807) is 4.90 Å². The van der Waals surface area contributed by atoms with Crippen molar-refractivity contribution < 1.29 is 14.3 Å². The Morgan fingerprint density at radius 1 is 0.949 bits per heavy atom. The van der Waals surface area contributed by atoms with Gasteiger partial charge in [0, 0.05) is 68.9 Å². The smallest absolute Gasteiger partial charge is 0.410 e. The topological polar surface area (TPSA) is 97.0 Å². The Morgan fingerprint density at radius 2 is 1.69 bits per heavy atom. The van der Waals surface area contributed by atoms with Crippen LogP contribution in [-0.4, -0.2) is 65.6 Å². The first-order valence-corrected chi connectivity index (χ1v) is 14.0. The van der Waals surface area contributed by atoms with Crippen LogP contribution in [0.5, 0.6) is 5.75 Å². The second kappa shape index (κ2) is 11.2. The van der Waals surface area contributed by atoms with Crippen molar-refractivity contribution in [1.29, 1.82) is 0 Å². The number of benzene rings is 2. The molecular weight excluding hydrogens is 516 g/mol. The minimum atomic E-state index is -0.263. The van der Waals surface area contributed by atoms with E-state index in [2.05, 4.69) is 38.2 Å². The molecule has 0 unspecified atom stereocenters. The van der Waals surface area contributed by atoms with Crippen LogP contribution in [0.2, 0.25) is 5.15 Å². The Morgan fingerprint density at radius 3 is 2.44 bits per heavy atom. The molecule has 3 aliphatic rings. The highest BCUT2D eigenvalue weighted by atomic mass is 35.5. The van der Waals surface area contributed by atoms with Gasteiger partial charge in [-0.15, -0.1) is 10.2 Å². The monoisotopic (exact) mass is 548 g/mol. The first-order valence-electron chi connectivity index (χ1n) is 13.6. The maximum absolute atomic E-state index is 12.5. The third-order valence-electron chi connectivity index (χ3n) is 7.92. The molecule has 9 nitrogen and oxygen atoms in total. The number of carbonyl (C=O) groups is 1. The fraction of sp³-hybridized carbons (Fsp3) is 0.414. The summed E-state index contributed by atoms with van der Waals surface area (Å²) >= 11 is 6.10. The van der Waals surface area contributed by atoms with E-state index in [0.29, 0.717) is 42.8 Å². The molecule has 3 aliphatic heterocycles. The van der Waals surface area contributed by atoms with E-state index < -0.39 is 0 Å². The lowest BCUT2D eigenvalue weighted by atomic mass is 10.1. The molecule has 2 atom stereocenters. The van der Waals surface area contributed by atoms with Crippen LogP contribution in [0.3, 0.4) is 0 Å². The van der Waals surface area contributed by atoms with Crippen LogP contribution in [0.15, 0.2) is 60.7 Å². The van der Waals surface area contributed by atoms with E-state index >= 15 is 0 Å². The van der Waals surface area contributed by atoms with Gasteiger partial charge in [0.05, 0.1) is 5.69 Å². The van der Waals surface area contributed by atoms with E-state index in [9.17, 15) is 4.79 Å². The Hall–Kier alpha value is -3.72. The number of amides is 1. The zero-order valence-corrected chi connectivity index (χ0v) is 22.5. The number of ether oxygens (including phenoxy) is 2. The number of nitrogens with zero attached hydrogens (tertiary/aromatic N) is 5. The minimum absolute atomic E-state index is 0.0684. The summed E-state index contributed by atoms with van der Waals surface area (Å²) in [6.45, 7) is 3.25. The molecular formula is C29H33ClN6O3. The molecule has 10 heteroatoms. The van der Waals surface area contributed by atoms with Crippen LogP contribution in [0.25, 0.3) is 0 Å². The van der Waals surface area contributed by atoms with E-state index in [-0.39, 0.29) is 12.2 Å². The molecule has 3 aromatic rings. The highest BCUT2D eigenvalue weighted by molar-refractivity contribution is 6.29. The largest absolute Gasteiger partial charge is 0.490 e. The lowest BCUT2D eigenvalue weighted by Gasteiger charge is -2.43. The molecule has 204 valence electrons. The summed E-state index contributed by atoms with van der Waals surface area (Å²) < 4.78 is 11.9. The molecule has 3 fully saturated rings. The predicted molar refractivity (Wildman–Crippen MR) is 151 cm³/mol. The lowest BCUT2D eigenvalue weighted by molar-refractivity contribution is 0.0638.